The van der Waals surface area contributed by atoms with Gasteiger partial charge in [0.15, 0.2) is 20.8 Å². The Hall–Kier alpha value is -1.19. The van der Waals surface area contributed by atoms with Gasteiger partial charge in [0.05, 0.1) is 22.1 Å². The van der Waals surface area contributed by atoms with Crippen LogP contribution >= 0.6 is 23.1 Å². The molecule has 0 bridgehead atoms. The van der Waals surface area contributed by atoms with Gasteiger partial charge in [-0.05, 0) is 25.5 Å². The molecule has 3 heterocycles. The molecule has 6 nitrogen and oxygen atoms in total. The summed E-state index contributed by atoms with van der Waals surface area (Å²) in [7, 11) is -1.13. The summed E-state index contributed by atoms with van der Waals surface area (Å²) in [6, 6.07) is 3.78. The lowest BCUT2D eigenvalue weighted by molar-refractivity contribution is 0.102. The minimum absolute atomic E-state index is 0.0705. The quantitative estimate of drug-likeness (QED) is 0.591. The first-order chi connectivity index (χ1) is 10.9. The van der Waals surface area contributed by atoms with Crippen molar-refractivity contribution in [2.75, 3.05) is 17.3 Å². The highest BCUT2D eigenvalue weighted by molar-refractivity contribution is 7.99. The minimum atomic E-state index is -2.95. The van der Waals surface area contributed by atoms with Crippen molar-refractivity contribution in [3.05, 3.63) is 27.7 Å². The average Bonchev–Trinajstić information content (AvgIpc) is 3.16. The fourth-order valence-electron chi connectivity index (χ4n) is 2.59. The first-order valence-electron chi connectivity index (χ1n) is 7.18. The largest absolute Gasteiger partial charge is 0.309 e. The van der Waals surface area contributed by atoms with E-state index in [4.69, 9.17) is 0 Å². The van der Waals surface area contributed by atoms with E-state index in [0.717, 1.165) is 9.75 Å². The molecular formula is C14H17N3O3S3. The number of carbonyl (C=O) groups is 1. The Morgan fingerprint density at radius 3 is 2.83 bits per heavy atom. The highest BCUT2D eigenvalue weighted by Gasteiger charge is 2.32. The number of hydrogen-bond donors (Lipinski definition) is 0. The molecule has 23 heavy (non-hydrogen) atoms. The highest BCUT2D eigenvalue weighted by Crippen LogP contribution is 2.29. The Morgan fingerprint density at radius 1 is 1.43 bits per heavy atom. The summed E-state index contributed by atoms with van der Waals surface area (Å²) in [6.07, 6.45) is 0.590. The molecule has 1 saturated heterocycles. The van der Waals surface area contributed by atoms with Crippen molar-refractivity contribution >= 4 is 38.7 Å². The maximum Gasteiger partial charge on any atom is 0.191 e. The van der Waals surface area contributed by atoms with Crippen molar-refractivity contribution in [3.8, 4) is 0 Å². The van der Waals surface area contributed by atoms with Gasteiger partial charge >= 0.3 is 0 Å². The number of thiophene rings is 1. The first kappa shape index (κ1) is 16.7. The Balaban J connectivity index is 1.67. The second-order valence-corrected chi connectivity index (χ2v) is 10.1. The Labute approximate surface area is 143 Å². The van der Waals surface area contributed by atoms with E-state index in [9.17, 15) is 13.2 Å². The Bertz CT molecular complexity index is 839. The van der Waals surface area contributed by atoms with Gasteiger partial charge in [-0.2, -0.15) is 0 Å². The third-order valence-electron chi connectivity index (χ3n) is 3.81. The monoisotopic (exact) mass is 371 g/mol. The maximum atomic E-state index is 12.1. The van der Waals surface area contributed by atoms with E-state index in [1.54, 1.807) is 0 Å². The smallest absolute Gasteiger partial charge is 0.191 e. The fourth-order valence-corrected chi connectivity index (χ4v) is 6.03. The van der Waals surface area contributed by atoms with Crippen LogP contribution in [0.25, 0.3) is 0 Å². The Morgan fingerprint density at radius 2 is 2.22 bits per heavy atom. The molecule has 2 aromatic heterocycles. The van der Waals surface area contributed by atoms with Crippen molar-refractivity contribution in [1.29, 1.82) is 0 Å². The zero-order valence-electron chi connectivity index (χ0n) is 12.9. The van der Waals surface area contributed by atoms with Gasteiger partial charge in [0.25, 0.3) is 0 Å². The van der Waals surface area contributed by atoms with Crippen LogP contribution < -0.4 is 0 Å². The van der Waals surface area contributed by atoms with Crippen LogP contribution in [0, 0.1) is 6.92 Å². The fraction of sp³-hybridized carbons (Fsp3) is 0.500. The minimum Gasteiger partial charge on any atom is -0.309 e. The molecule has 0 aliphatic carbocycles. The number of rotatable bonds is 5. The average molecular weight is 372 g/mol. The molecular weight excluding hydrogens is 354 g/mol. The van der Waals surface area contributed by atoms with Gasteiger partial charge in [-0.1, -0.05) is 11.8 Å². The summed E-state index contributed by atoms with van der Waals surface area (Å²) in [6.45, 7) is 1.97. The molecule has 9 heteroatoms. The van der Waals surface area contributed by atoms with E-state index >= 15 is 0 Å². The van der Waals surface area contributed by atoms with Crippen LogP contribution in [0.15, 0.2) is 17.3 Å². The van der Waals surface area contributed by atoms with Gasteiger partial charge in [0, 0.05) is 17.8 Å². The number of aromatic nitrogens is 3. The molecule has 2 aromatic rings. The van der Waals surface area contributed by atoms with Crippen LogP contribution in [0.3, 0.4) is 0 Å². The number of thioether (sulfide) groups is 1. The number of nitrogens with zero attached hydrogens (tertiary/aromatic N) is 3. The van der Waals surface area contributed by atoms with Gasteiger partial charge in [-0.25, -0.2) is 8.42 Å². The van der Waals surface area contributed by atoms with Crippen LogP contribution in [0.5, 0.6) is 0 Å². The van der Waals surface area contributed by atoms with E-state index in [1.807, 2.05) is 30.7 Å². The van der Waals surface area contributed by atoms with Crippen molar-refractivity contribution in [2.45, 2.75) is 24.4 Å². The number of Topliss-reactive ketones (excluding diaryl/α,β-unsaturated/α-hetero) is 1. The zero-order chi connectivity index (χ0) is 16.6. The molecule has 0 saturated carbocycles. The lowest BCUT2D eigenvalue weighted by Gasteiger charge is -2.07. The summed E-state index contributed by atoms with van der Waals surface area (Å²) in [4.78, 5) is 14.0. The second kappa shape index (κ2) is 6.37. The normalized spacial score (nSPS) is 20.0. The lowest BCUT2D eigenvalue weighted by atomic mass is 10.1. The third kappa shape index (κ3) is 3.67. The molecule has 0 spiro atoms. The third-order valence-corrected chi connectivity index (χ3v) is 7.64. The number of ketones is 1. The molecule has 1 aliphatic heterocycles. The van der Waals surface area contributed by atoms with Gasteiger partial charge in [0.1, 0.15) is 5.82 Å². The van der Waals surface area contributed by atoms with Crippen LogP contribution in [0.4, 0.5) is 0 Å². The predicted octanol–water partition coefficient (Wildman–Crippen LogP) is 2.06. The molecule has 1 aliphatic rings. The first-order valence-corrected chi connectivity index (χ1v) is 10.8. The molecule has 0 amide bonds. The standard InChI is InChI=1S/C14H17N3O3S3/c1-9-3-4-12(22-9)11(18)7-21-14-16-15-13(17(14)2)10-5-6-23(19,20)8-10/h3-4,10H,5-8H2,1-2H3. The van der Waals surface area contributed by atoms with E-state index in [1.165, 1.54) is 23.1 Å². The number of hydrogen-bond acceptors (Lipinski definition) is 7. The van der Waals surface area contributed by atoms with Gasteiger partial charge in [-0.15, -0.1) is 21.5 Å². The van der Waals surface area contributed by atoms with Gasteiger partial charge in [0.2, 0.25) is 0 Å². The van der Waals surface area contributed by atoms with Crippen LogP contribution in [-0.4, -0.2) is 46.2 Å². The Kier molecular flexibility index (Phi) is 4.61. The van der Waals surface area contributed by atoms with Crippen molar-refractivity contribution in [2.24, 2.45) is 7.05 Å². The molecule has 3 rings (SSSR count). The molecule has 1 fully saturated rings. The maximum absolute atomic E-state index is 12.1. The second-order valence-electron chi connectivity index (χ2n) is 5.62. The molecule has 0 aromatic carbocycles. The van der Waals surface area contributed by atoms with Crippen molar-refractivity contribution < 1.29 is 13.2 Å². The molecule has 124 valence electrons. The topological polar surface area (TPSA) is 81.9 Å². The SMILES string of the molecule is Cc1ccc(C(=O)CSc2nnc(C3CCS(=O)(=O)C3)n2C)s1. The van der Waals surface area contributed by atoms with E-state index in [-0.39, 0.29) is 23.2 Å². The van der Waals surface area contributed by atoms with Crippen LogP contribution in [0.1, 0.15) is 32.7 Å². The van der Waals surface area contributed by atoms with Gasteiger partial charge < -0.3 is 4.57 Å². The number of aryl methyl sites for hydroxylation is 1. The van der Waals surface area contributed by atoms with Crippen molar-refractivity contribution in [1.82, 2.24) is 14.8 Å². The number of sulfone groups is 1. The van der Waals surface area contributed by atoms with Crippen LogP contribution in [0.2, 0.25) is 0 Å². The summed E-state index contributed by atoms with van der Waals surface area (Å²) in [5.74, 6) is 1.31. The zero-order valence-corrected chi connectivity index (χ0v) is 15.3. The van der Waals surface area contributed by atoms with Crippen molar-refractivity contribution in [3.63, 3.8) is 0 Å². The summed E-state index contributed by atoms with van der Waals surface area (Å²) >= 11 is 2.82. The van der Waals surface area contributed by atoms with E-state index in [0.29, 0.717) is 23.2 Å². The predicted molar refractivity (Wildman–Crippen MR) is 91.1 cm³/mol. The van der Waals surface area contributed by atoms with E-state index < -0.39 is 9.84 Å². The molecule has 1 atom stereocenters. The van der Waals surface area contributed by atoms with Gasteiger partial charge in [-0.3, -0.25) is 4.79 Å². The molecule has 1 unspecified atom stereocenters. The van der Waals surface area contributed by atoms with E-state index in [2.05, 4.69) is 10.2 Å². The lowest BCUT2D eigenvalue weighted by Crippen LogP contribution is -2.09. The molecule has 0 radical (unpaired) electrons. The summed E-state index contributed by atoms with van der Waals surface area (Å²) < 4.78 is 25.0. The van der Waals surface area contributed by atoms with Crippen LogP contribution in [-0.2, 0) is 16.9 Å². The summed E-state index contributed by atoms with van der Waals surface area (Å²) in [5.41, 5.74) is 0. The molecule has 0 N–H and O–H groups in total. The highest BCUT2D eigenvalue weighted by atomic mass is 32.2. The summed E-state index contributed by atoms with van der Waals surface area (Å²) in [5, 5.41) is 8.89. The number of carbonyl (C=O) groups excluding carboxylic acids is 1.